The van der Waals surface area contributed by atoms with Crippen molar-refractivity contribution in [2.45, 2.75) is 6.54 Å². The number of nitrogens with one attached hydrogen (secondary N) is 2. The van der Waals surface area contributed by atoms with Gasteiger partial charge in [0.05, 0.1) is 0 Å². The highest BCUT2D eigenvalue weighted by Crippen LogP contribution is 2.17. The van der Waals surface area contributed by atoms with Gasteiger partial charge in [-0.05, 0) is 17.7 Å². The molecule has 1 aromatic rings. The maximum Gasteiger partial charge on any atom is 0.125 e. The molecule has 0 amide bonds. The molecule has 2 N–H and O–H groups in total. The van der Waals surface area contributed by atoms with Crippen LogP contribution in [0.4, 0.5) is 10.1 Å². The fourth-order valence-electron chi connectivity index (χ4n) is 1.38. The van der Waals surface area contributed by atoms with Crippen LogP contribution >= 0.6 is 0 Å². The molecular formula is C9H11FN2. The summed E-state index contributed by atoms with van der Waals surface area (Å²) < 4.78 is 12.8. The highest BCUT2D eigenvalue weighted by Gasteiger charge is 2.06. The van der Waals surface area contributed by atoms with Gasteiger partial charge in [-0.25, -0.2) is 4.39 Å². The van der Waals surface area contributed by atoms with Crippen molar-refractivity contribution >= 4 is 5.69 Å². The number of halogens is 1. The summed E-state index contributed by atoms with van der Waals surface area (Å²) in [5.41, 5.74) is 2.05. The summed E-state index contributed by atoms with van der Waals surface area (Å²) >= 11 is 0. The van der Waals surface area contributed by atoms with E-state index in [1.54, 1.807) is 6.07 Å². The summed E-state index contributed by atoms with van der Waals surface area (Å²) in [5, 5.41) is 6.40. The van der Waals surface area contributed by atoms with Gasteiger partial charge in [0, 0.05) is 25.3 Å². The lowest BCUT2D eigenvalue weighted by Crippen LogP contribution is -2.16. The fraction of sp³-hybridized carbons (Fsp3) is 0.333. The van der Waals surface area contributed by atoms with Gasteiger partial charge >= 0.3 is 0 Å². The molecule has 1 heterocycles. The third-order valence-electron chi connectivity index (χ3n) is 2.00. The molecule has 0 aliphatic carbocycles. The molecule has 12 heavy (non-hydrogen) atoms. The molecule has 1 aliphatic heterocycles. The standard InChI is InChI=1S/C9H11FN2/c10-8-2-1-7-6-11-3-4-12-9(7)5-8/h1-2,5,11-12H,3-4,6H2. The van der Waals surface area contributed by atoms with E-state index in [0.717, 1.165) is 30.9 Å². The van der Waals surface area contributed by atoms with Crippen molar-refractivity contribution < 1.29 is 4.39 Å². The van der Waals surface area contributed by atoms with Gasteiger partial charge in [-0.1, -0.05) is 6.07 Å². The van der Waals surface area contributed by atoms with E-state index in [9.17, 15) is 4.39 Å². The zero-order chi connectivity index (χ0) is 8.39. The first kappa shape index (κ1) is 7.55. The third kappa shape index (κ3) is 1.41. The smallest absolute Gasteiger partial charge is 0.125 e. The van der Waals surface area contributed by atoms with Crippen molar-refractivity contribution in [3.63, 3.8) is 0 Å². The number of anilines is 1. The first-order valence-electron chi connectivity index (χ1n) is 4.09. The largest absolute Gasteiger partial charge is 0.383 e. The van der Waals surface area contributed by atoms with Crippen LogP contribution in [0.2, 0.25) is 0 Å². The van der Waals surface area contributed by atoms with Crippen LogP contribution in [0.25, 0.3) is 0 Å². The van der Waals surface area contributed by atoms with E-state index >= 15 is 0 Å². The van der Waals surface area contributed by atoms with E-state index in [1.807, 2.05) is 6.07 Å². The van der Waals surface area contributed by atoms with E-state index in [-0.39, 0.29) is 5.82 Å². The van der Waals surface area contributed by atoms with Gasteiger partial charge in [-0.15, -0.1) is 0 Å². The summed E-state index contributed by atoms with van der Waals surface area (Å²) in [6.07, 6.45) is 0. The SMILES string of the molecule is Fc1ccc2c(c1)NCCNC2. The second-order valence-corrected chi connectivity index (χ2v) is 2.91. The monoisotopic (exact) mass is 166 g/mol. The summed E-state index contributed by atoms with van der Waals surface area (Å²) in [6, 6.07) is 4.85. The average molecular weight is 166 g/mol. The second kappa shape index (κ2) is 3.11. The molecule has 2 rings (SSSR count). The summed E-state index contributed by atoms with van der Waals surface area (Å²) in [5.74, 6) is -0.178. The summed E-state index contributed by atoms with van der Waals surface area (Å²) in [6.45, 7) is 2.61. The Morgan fingerprint density at radius 1 is 1.25 bits per heavy atom. The number of hydrogen-bond donors (Lipinski definition) is 2. The van der Waals surface area contributed by atoms with Crippen molar-refractivity contribution in [3.8, 4) is 0 Å². The lowest BCUT2D eigenvalue weighted by Gasteiger charge is -2.05. The van der Waals surface area contributed by atoms with Crippen LogP contribution < -0.4 is 10.6 Å². The molecule has 0 saturated carbocycles. The Hall–Kier alpha value is -1.09. The summed E-state index contributed by atoms with van der Waals surface area (Å²) in [4.78, 5) is 0. The minimum absolute atomic E-state index is 0.178. The van der Waals surface area contributed by atoms with Crippen LogP contribution in [0, 0.1) is 5.82 Å². The average Bonchev–Trinajstić information content (AvgIpc) is 2.28. The van der Waals surface area contributed by atoms with Crippen molar-refractivity contribution in [1.82, 2.24) is 5.32 Å². The molecule has 64 valence electrons. The number of fused-ring (bicyclic) bond motifs is 1. The molecule has 0 fully saturated rings. The quantitative estimate of drug-likeness (QED) is 0.607. The van der Waals surface area contributed by atoms with Crippen LogP contribution in [0.5, 0.6) is 0 Å². The number of rotatable bonds is 0. The molecule has 0 atom stereocenters. The van der Waals surface area contributed by atoms with Crippen molar-refractivity contribution in [2.24, 2.45) is 0 Å². The Labute approximate surface area is 70.8 Å². The predicted octanol–water partition coefficient (Wildman–Crippen LogP) is 1.34. The van der Waals surface area contributed by atoms with Crippen molar-refractivity contribution in [1.29, 1.82) is 0 Å². The van der Waals surface area contributed by atoms with E-state index in [4.69, 9.17) is 0 Å². The Kier molecular flexibility index (Phi) is 1.96. The molecule has 3 heteroatoms. The lowest BCUT2D eigenvalue weighted by molar-refractivity contribution is 0.627. The second-order valence-electron chi connectivity index (χ2n) is 2.91. The first-order valence-corrected chi connectivity index (χ1v) is 4.09. The first-order chi connectivity index (χ1) is 5.86. The number of hydrogen-bond acceptors (Lipinski definition) is 2. The minimum atomic E-state index is -0.178. The fourth-order valence-corrected chi connectivity index (χ4v) is 1.38. The zero-order valence-electron chi connectivity index (χ0n) is 6.73. The molecule has 0 saturated heterocycles. The molecular weight excluding hydrogens is 155 g/mol. The molecule has 0 spiro atoms. The minimum Gasteiger partial charge on any atom is -0.383 e. The van der Waals surface area contributed by atoms with Crippen LogP contribution in [-0.2, 0) is 6.54 Å². The van der Waals surface area contributed by atoms with Crippen molar-refractivity contribution in [3.05, 3.63) is 29.6 Å². The molecule has 0 bridgehead atoms. The normalized spacial score (nSPS) is 16.1. The Balaban J connectivity index is 2.36. The van der Waals surface area contributed by atoms with Gasteiger partial charge in [-0.3, -0.25) is 0 Å². The van der Waals surface area contributed by atoms with E-state index in [0.29, 0.717) is 0 Å². The van der Waals surface area contributed by atoms with E-state index < -0.39 is 0 Å². The highest BCUT2D eigenvalue weighted by molar-refractivity contribution is 5.52. The van der Waals surface area contributed by atoms with Gasteiger partial charge in [-0.2, -0.15) is 0 Å². The third-order valence-corrected chi connectivity index (χ3v) is 2.00. The van der Waals surface area contributed by atoms with E-state index in [2.05, 4.69) is 10.6 Å². The van der Waals surface area contributed by atoms with Crippen LogP contribution in [0.1, 0.15) is 5.56 Å². The van der Waals surface area contributed by atoms with Crippen LogP contribution in [-0.4, -0.2) is 13.1 Å². The zero-order valence-corrected chi connectivity index (χ0v) is 6.73. The Morgan fingerprint density at radius 2 is 2.17 bits per heavy atom. The predicted molar refractivity (Wildman–Crippen MR) is 46.6 cm³/mol. The van der Waals surface area contributed by atoms with Gasteiger partial charge in [0.15, 0.2) is 0 Å². The molecule has 0 unspecified atom stereocenters. The van der Waals surface area contributed by atoms with Crippen molar-refractivity contribution in [2.75, 3.05) is 18.4 Å². The maximum atomic E-state index is 12.8. The van der Waals surface area contributed by atoms with Crippen LogP contribution in [0.15, 0.2) is 18.2 Å². The Bertz CT molecular complexity index is 286. The van der Waals surface area contributed by atoms with Gasteiger partial charge in [0.25, 0.3) is 0 Å². The maximum absolute atomic E-state index is 12.8. The van der Waals surface area contributed by atoms with Gasteiger partial charge in [0.1, 0.15) is 5.82 Å². The molecule has 0 radical (unpaired) electrons. The molecule has 2 nitrogen and oxygen atoms in total. The summed E-state index contributed by atoms with van der Waals surface area (Å²) in [7, 11) is 0. The molecule has 1 aromatic carbocycles. The van der Waals surface area contributed by atoms with E-state index in [1.165, 1.54) is 6.07 Å². The van der Waals surface area contributed by atoms with Gasteiger partial charge < -0.3 is 10.6 Å². The number of benzene rings is 1. The highest BCUT2D eigenvalue weighted by atomic mass is 19.1. The molecule has 1 aliphatic rings. The van der Waals surface area contributed by atoms with Gasteiger partial charge in [0.2, 0.25) is 0 Å². The lowest BCUT2D eigenvalue weighted by atomic mass is 10.2. The Morgan fingerprint density at radius 3 is 3.08 bits per heavy atom. The topological polar surface area (TPSA) is 24.1 Å². The van der Waals surface area contributed by atoms with Crippen LogP contribution in [0.3, 0.4) is 0 Å². The molecule has 0 aromatic heterocycles.